The average molecular weight is 270 g/mol. The molecule has 0 aromatic heterocycles. The van der Waals surface area contributed by atoms with Gasteiger partial charge in [-0.05, 0) is 27.7 Å². The van der Waals surface area contributed by atoms with Gasteiger partial charge in [-0.1, -0.05) is 35.9 Å². The predicted molar refractivity (Wildman–Crippen MR) is 77.7 cm³/mol. The van der Waals surface area contributed by atoms with Crippen LogP contribution in [-0.4, -0.2) is 28.6 Å². The minimum absolute atomic E-state index is 0.655. The van der Waals surface area contributed by atoms with Crippen LogP contribution in [0.5, 0.6) is 0 Å². The third kappa shape index (κ3) is 8.41. The highest BCUT2D eigenvalue weighted by atomic mass is 28.4. The van der Waals surface area contributed by atoms with Gasteiger partial charge in [0.1, 0.15) is 0 Å². The first-order chi connectivity index (χ1) is 8.58. The van der Waals surface area contributed by atoms with Crippen molar-refractivity contribution in [3.05, 3.63) is 35.9 Å². The molecule has 1 aromatic rings. The van der Waals surface area contributed by atoms with Gasteiger partial charge in [-0.25, -0.2) is 0 Å². The first-order valence-electron chi connectivity index (χ1n) is 6.51. The van der Waals surface area contributed by atoms with Crippen molar-refractivity contribution in [2.75, 3.05) is 19.8 Å². The third-order valence-corrected chi connectivity index (χ3v) is 4.60. The van der Waals surface area contributed by atoms with Crippen molar-refractivity contribution in [3.8, 4) is 0 Å². The molecule has 0 radical (unpaired) electrons. The molecule has 0 unspecified atom stereocenters. The number of hydrogen-bond acceptors (Lipinski definition) is 3. The first-order valence-corrected chi connectivity index (χ1v) is 8.74. The van der Waals surface area contributed by atoms with Crippen LogP contribution in [-0.2, 0) is 13.3 Å². The SMILES string of the molecule is CCO[Si](C)(OCC)OCC.Cc1ccccc1. The molecule has 0 aliphatic carbocycles. The zero-order chi connectivity index (χ0) is 13.9. The minimum Gasteiger partial charge on any atom is -0.374 e. The van der Waals surface area contributed by atoms with Crippen molar-refractivity contribution in [2.45, 2.75) is 34.2 Å². The Kier molecular flexibility index (Phi) is 9.87. The molecule has 0 N–H and O–H groups in total. The Morgan fingerprint density at radius 1 is 0.833 bits per heavy atom. The van der Waals surface area contributed by atoms with Gasteiger partial charge in [0.2, 0.25) is 0 Å². The molecule has 0 heterocycles. The van der Waals surface area contributed by atoms with Gasteiger partial charge in [0, 0.05) is 26.4 Å². The van der Waals surface area contributed by atoms with Crippen molar-refractivity contribution in [1.82, 2.24) is 0 Å². The molecule has 0 bridgehead atoms. The van der Waals surface area contributed by atoms with Crippen molar-refractivity contribution in [1.29, 1.82) is 0 Å². The lowest BCUT2D eigenvalue weighted by Crippen LogP contribution is -2.42. The smallest absolute Gasteiger partial charge is 0.374 e. The lowest BCUT2D eigenvalue weighted by atomic mass is 10.2. The Morgan fingerprint density at radius 3 is 1.44 bits per heavy atom. The fraction of sp³-hybridized carbons (Fsp3) is 0.571. The molecule has 3 nitrogen and oxygen atoms in total. The molecule has 0 saturated heterocycles. The van der Waals surface area contributed by atoms with Crippen molar-refractivity contribution in [2.24, 2.45) is 0 Å². The maximum Gasteiger partial charge on any atom is 0.497 e. The van der Waals surface area contributed by atoms with Gasteiger partial charge in [0.15, 0.2) is 0 Å². The first kappa shape index (κ1) is 17.3. The minimum atomic E-state index is -2.25. The lowest BCUT2D eigenvalue weighted by molar-refractivity contribution is 0.0783. The Morgan fingerprint density at radius 2 is 1.22 bits per heavy atom. The van der Waals surface area contributed by atoms with E-state index >= 15 is 0 Å². The number of benzene rings is 1. The number of hydrogen-bond donors (Lipinski definition) is 0. The molecular formula is C14H26O3Si. The molecule has 104 valence electrons. The molecule has 0 aliphatic heterocycles. The van der Waals surface area contributed by atoms with E-state index in [-0.39, 0.29) is 0 Å². The highest BCUT2D eigenvalue weighted by Crippen LogP contribution is 2.08. The zero-order valence-electron chi connectivity index (χ0n) is 12.2. The molecule has 1 rings (SSSR count). The van der Waals surface area contributed by atoms with Crippen LogP contribution in [0.15, 0.2) is 30.3 Å². The van der Waals surface area contributed by atoms with Crippen LogP contribution in [0.3, 0.4) is 0 Å². The zero-order valence-corrected chi connectivity index (χ0v) is 13.2. The van der Waals surface area contributed by atoms with E-state index in [0.29, 0.717) is 19.8 Å². The molecular weight excluding hydrogens is 244 g/mol. The van der Waals surface area contributed by atoms with Crippen LogP contribution in [0.1, 0.15) is 26.3 Å². The second-order valence-electron chi connectivity index (χ2n) is 3.82. The molecule has 0 saturated carbocycles. The monoisotopic (exact) mass is 270 g/mol. The molecule has 0 atom stereocenters. The summed E-state index contributed by atoms with van der Waals surface area (Å²) in [4.78, 5) is 0. The Bertz CT molecular complexity index is 273. The average Bonchev–Trinajstić information content (AvgIpc) is 2.31. The maximum absolute atomic E-state index is 5.40. The molecule has 1 aromatic carbocycles. The summed E-state index contributed by atoms with van der Waals surface area (Å²) in [5.74, 6) is 0. The quantitative estimate of drug-likeness (QED) is 0.738. The predicted octanol–water partition coefficient (Wildman–Crippen LogP) is 3.66. The topological polar surface area (TPSA) is 27.7 Å². The van der Waals surface area contributed by atoms with E-state index in [1.165, 1.54) is 5.56 Å². The Labute approximate surface area is 112 Å². The number of rotatable bonds is 6. The molecule has 18 heavy (non-hydrogen) atoms. The van der Waals surface area contributed by atoms with Gasteiger partial charge < -0.3 is 13.3 Å². The largest absolute Gasteiger partial charge is 0.497 e. The summed E-state index contributed by atoms with van der Waals surface area (Å²) in [5.41, 5.74) is 1.32. The van der Waals surface area contributed by atoms with Crippen LogP contribution < -0.4 is 0 Å². The van der Waals surface area contributed by atoms with Crippen LogP contribution in [0, 0.1) is 6.92 Å². The highest BCUT2D eigenvalue weighted by molar-refractivity contribution is 6.59. The van der Waals surface area contributed by atoms with Crippen molar-refractivity contribution < 1.29 is 13.3 Å². The molecule has 0 aliphatic rings. The summed E-state index contributed by atoms with van der Waals surface area (Å²) >= 11 is 0. The summed E-state index contributed by atoms with van der Waals surface area (Å²) in [7, 11) is -2.25. The fourth-order valence-corrected chi connectivity index (χ4v) is 3.27. The maximum atomic E-state index is 5.40. The Balaban J connectivity index is 0.000000351. The van der Waals surface area contributed by atoms with Gasteiger partial charge >= 0.3 is 8.80 Å². The summed E-state index contributed by atoms with van der Waals surface area (Å²) in [6.07, 6.45) is 0. The second-order valence-corrected chi connectivity index (χ2v) is 6.41. The lowest BCUT2D eigenvalue weighted by Gasteiger charge is -2.23. The van der Waals surface area contributed by atoms with E-state index in [2.05, 4.69) is 19.1 Å². The van der Waals surface area contributed by atoms with Crippen molar-refractivity contribution >= 4 is 8.80 Å². The highest BCUT2D eigenvalue weighted by Gasteiger charge is 2.32. The van der Waals surface area contributed by atoms with E-state index in [1.807, 2.05) is 45.5 Å². The third-order valence-electron chi connectivity index (χ3n) is 2.16. The summed E-state index contributed by atoms with van der Waals surface area (Å²) in [6, 6.07) is 10.3. The van der Waals surface area contributed by atoms with Crippen LogP contribution >= 0.6 is 0 Å². The fourth-order valence-electron chi connectivity index (χ4n) is 1.45. The van der Waals surface area contributed by atoms with Crippen molar-refractivity contribution in [3.63, 3.8) is 0 Å². The van der Waals surface area contributed by atoms with E-state index in [4.69, 9.17) is 13.3 Å². The number of aryl methyl sites for hydroxylation is 1. The van der Waals surface area contributed by atoms with Gasteiger partial charge in [0.25, 0.3) is 0 Å². The van der Waals surface area contributed by atoms with Gasteiger partial charge in [0.05, 0.1) is 0 Å². The molecule has 0 fully saturated rings. The normalized spacial score (nSPS) is 10.7. The van der Waals surface area contributed by atoms with Crippen LogP contribution in [0.4, 0.5) is 0 Å². The van der Waals surface area contributed by atoms with Crippen LogP contribution in [0.25, 0.3) is 0 Å². The van der Waals surface area contributed by atoms with Gasteiger partial charge in [-0.15, -0.1) is 0 Å². The summed E-state index contributed by atoms with van der Waals surface area (Å²) in [6.45, 7) is 11.8. The van der Waals surface area contributed by atoms with E-state index in [9.17, 15) is 0 Å². The molecule has 0 spiro atoms. The summed E-state index contributed by atoms with van der Waals surface area (Å²) < 4.78 is 16.2. The molecule has 0 amide bonds. The van der Waals surface area contributed by atoms with E-state index in [0.717, 1.165) is 0 Å². The van der Waals surface area contributed by atoms with E-state index in [1.54, 1.807) is 0 Å². The second kappa shape index (κ2) is 10.3. The van der Waals surface area contributed by atoms with Gasteiger partial charge in [-0.3, -0.25) is 0 Å². The molecule has 4 heteroatoms. The van der Waals surface area contributed by atoms with Gasteiger partial charge in [-0.2, -0.15) is 0 Å². The standard InChI is InChI=1S/C7H18O3Si.C7H8/c1-5-8-11(4,9-6-2)10-7-3;1-7-5-3-2-4-6-7/h5-7H2,1-4H3;2-6H,1H3. The Hall–Kier alpha value is -0.683. The van der Waals surface area contributed by atoms with Crippen LogP contribution in [0.2, 0.25) is 6.55 Å². The van der Waals surface area contributed by atoms with E-state index < -0.39 is 8.80 Å². The summed E-state index contributed by atoms with van der Waals surface area (Å²) in [5, 5.41) is 0.